The van der Waals surface area contributed by atoms with E-state index >= 15 is 0 Å². The third-order valence-electron chi connectivity index (χ3n) is 2.61. The second-order valence-electron chi connectivity index (χ2n) is 3.81. The van der Waals surface area contributed by atoms with Crippen molar-refractivity contribution in [3.05, 3.63) is 12.3 Å². The van der Waals surface area contributed by atoms with Crippen molar-refractivity contribution < 1.29 is 4.79 Å². The Hall–Kier alpha value is -1.10. The molecule has 1 saturated carbocycles. The number of urea groups is 1. The maximum Gasteiger partial charge on any atom is 0.320 e. The zero-order valence-corrected chi connectivity index (χ0v) is 9.35. The van der Waals surface area contributed by atoms with Crippen molar-refractivity contribution in [3.8, 4) is 0 Å². The molecule has 1 aliphatic carbocycles. The van der Waals surface area contributed by atoms with Crippen LogP contribution in [0.2, 0.25) is 0 Å². The maximum absolute atomic E-state index is 11.5. The van der Waals surface area contributed by atoms with Gasteiger partial charge in [-0.25, -0.2) is 4.79 Å². The second kappa shape index (κ2) is 5.11. The van der Waals surface area contributed by atoms with E-state index in [0.717, 1.165) is 17.8 Å². The molecular formula is C10H15N3OS. The highest BCUT2D eigenvalue weighted by Gasteiger charge is 2.15. The van der Waals surface area contributed by atoms with Crippen molar-refractivity contribution in [2.45, 2.75) is 38.1 Å². The lowest BCUT2D eigenvalue weighted by Gasteiger charge is -2.22. The number of hydrogen-bond donors (Lipinski definition) is 2. The number of hydrogen-bond acceptors (Lipinski definition) is 3. The van der Waals surface area contributed by atoms with Gasteiger partial charge in [-0.3, -0.25) is 5.32 Å². The average molecular weight is 225 g/mol. The second-order valence-corrected chi connectivity index (χ2v) is 4.64. The van der Waals surface area contributed by atoms with Crippen LogP contribution < -0.4 is 10.6 Å². The molecule has 15 heavy (non-hydrogen) atoms. The number of carbonyl (C=O) groups is 1. The normalized spacial score (nSPS) is 17.3. The molecule has 1 aromatic rings. The Morgan fingerprint density at radius 1 is 1.40 bits per heavy atom. The Morgan fingerprint density at radius 3 is 2.87 bits per heavy atom. The molecule has 2 rings (SSSR count). The summed E-state index contributed by atoms with van der Waals surface area (Å²) in [7, 11) is 0. The van der Waals surface area contributed by atoms with Crippen molar-refractivity contribution in [3.63, 3.8) is 0 Å². The van der Waals surface area contributed by atoms with Gasteiger partial charge in [0.2, 0.25) is 0 Å². The Balaban J connectivity index is 1.76. The van der Waals surface area contributed by atoms with Crippen molar-refractivity contribution in [1.82, 2.24) is 9.69 Å². The lowest BCUT2D eigenvalue weighted by molar-refractivity contribution is 0.244. The summed E-state index contributed by atoms with van der Waals surface area (Å²) in [6.45, 7) is 0. The van der Waals surface area contributed by atoms with Crippen LogP contribution in [-0.4, -0.2) is 16.4 Å². The van der Waals surface area contributed by atoms with Crippen LogP contribution in [-0.2, 0) is 0 Å². The first-order chi connectivity index (χ1) is 7.34. The third-order valence-corrected chi connectivity index (χ3v) is 3.28. The monoisotopic (exact) mass is 225 g/mol. The molecule has 2 amide bonds. The van der Waals surface area contributed by atoms with Crippen molar-refractivity contribution >= 4 is 22.6 Å². The summed E-state index contributed by atoms with van der Waals surface area (Å²) in [6.07, 6.45) is 7.65. The predicted octanol–water partition coefficient (Wildman–Crippen LogP) is 2.60. The van der Waals surface area contributed by atoms with Gasteiger partial charge in [0, 0.05) is 12.2 Å². The van der Waals surface area contributed by atoms with Crippen molar-refractivity contribution in [1.29, 1.82) is 0 Å². The summed E-state index contributed by atoms with van der Waals surface area (Å²) >= 11 is 1.29. The Kier molecular flexibility index (Phi) is 3.55. The van der Waals surface area contributed by atoms with Crippen LogP contribution >= 0.6 is 11.5 Å². The van der Waals surface area contributed by atoms with Crippen molar-refractivity contribution in [2.75, 3.05) is 5.32 Å². The highest BCUT2D eigenvalue weighted by atomic mass is 32.1. The average Bonchev–Trinajstić information content (AvgIpc) is 2.71. The molecule has 0 aromatic carbocycles. The van der Waals surface area contributed by atoms with Gasteiger partial charge < -0.3 is 5.32 Å². The number of amides is 2. The summed E-state index contributed by atoms with van der Waals surface area (Å²) < 4.78 is 3.92. The molecule has 1 heterocycles. The summed E-state index contributed by atoms with van der Waals surface area (Å²) in [5, 5.41) is 6.56. The highest BCUT2D eigenvalue weighted by molar-refractivity contribution is 7.10. The lowest BCUT2D eigenvalue weighted by atomic mass is 9.96. The van der Waals surface area contributed by atoms with Crippen LogP contribution in [0.15, 0.2) is 12.3 Å². The van der Waals surface area contributed by atoms with Crippen molar-refractivity contribution in [2.24, 2.45) is 0 Å². The number of aromatic nitrogens is 1. The molecule has 1 fully saturated rings. The molecule has 0 radical (unpaired) electrons. The summed E-state index contributed by atoms with van der Waals surface area (Å²) in [5.74, 6) is 0. The fourth-order valence-electron chi connectivity index (χ4n) is 1.86. The van der Waals surface area contributed by atoms with Crippen LogP contribution in [0.1, 0.15) is 32.1 Å². The molecular weight excluding hydrogens is 210 g/mol. The molecule has 2 N–H and O–H groups in total. The molecule has 0 unspecified atom stereocenters. The molecule has 1 aliphatic rings. The molecule has 0 aliphatic heterocycles. The van der Waals surface area contributed by atoms with Gasteiger partial charge in [0.05, 0.1) is 0 Å². The van der Waals surface area contributed by atoms with Gasteiger partial charge in [0.15, 0.2) is 0 Å². The smallest absolute Gasteiger partial charge is 0.320 e. The van der Waals surface area contributed by atoms with E-state index in [1.165, 1.54) is 30.8 Å². The first-order valence-electron chi connectivity index (χ1n) is 5.33. The van der Waals surface area contributed by atoms with Gasteiger partial charge in [-0.15, -0.1) is 0 Å². The number of carbonyl (C=O) groups excluding carboxylic acids is 1. The largest absolute Gasteiger partial charge is 0.335 e. The minimum Gasteiger partial charge on any atom is -0.335 e. The van der Waals surface area contributed by atoms with E-state index in [1.807, 2.05) is 0 Å². The summed E-state index contributed by atoms with van der Waals surface area (Å²) in [6, 6.07) is 2.04. The number of anilines is 1. The number of nitrogens with one attached hydrogen (secondary N) is 2. The first kappa shape index (κ1) is 10.4. The molecule has 82 valence electrons. The molecule has 5 heteroatoms. The summed E-state index contributed by atoms with van der Waals surface area (Å²) in [5.41, 5.74) is 0. The molecule has 4 nitrogen and oxygen atoms in total. The maximum atomic E-state index is 11.5. The fourth-order valence-corrected chi connectivity index (χ4v) is 2.36. The van der Waals surface area contributed by atoms with E-state index in [4.69, 9.17) is 0 Å². The number of rotatable bonds is 2. The SMILES string of the molecule is O=C(Nc1ccns1)NC1CCCCC1. The quantitative estimate of drug-likeness (QED) is 0.812. The molecule has 1 aromatic heterocycles. The highest BCUT2D eigenvalue weighted by Crippen LogP contribution is 2.17. The zero-order chi connectivity index (χ0) is 10.5. The minimum absolute atomic E-state index is 0.105. The lowest BCUT2D eigenvalue weighted by Crippen LogP contribution is -2.38. The summed E-state index contributed by atoms with van der Waals surface area (Å²) in [4.78, 5) is 11.5. The van der Waals surface area contributed by atoms with Crippen LogP contribution in [0.5, 0.6) is 0 Å². The van der Waals surface area contributed by atoms with Crippen LogP contribution in [0.3, 0.4) is 0 Å². The van der Waals surface area contributed by atoms with Gasteiger partial charge in [0.1, 0.15) is 5.00 Å². The minimum atomic E-state index is -0.105. The third kappa shape index (κ3) is 3.20. The molecule has 0 saturated heterocycles. The zero-order valence-electron chi connectivity index (χ0n) is 8.53. The topological polar surface area (TPSA) is 54.0 Å². The molecule has 0 bridgehead atoms. The van der Waals surface area contributed by atoms with Crippen LogP contribution in [0.25, 0.3) is 0 Å². The van der Waals surface area contributed by atoms with E-state index < -0.39 is 0 Å². The Morgan fingerprint density at radius 2 is 2.20 bits per heavy atom. The fraction of sp³-hybridized carbons (Fsp3) is 0.600. The van der Waals surface area contributed by atoms with E-state index in [9.17, 15) is 4.79 Å². The van der Waals surface area contributed by atoms with Gasteiger partial charge in [-0.1, -0.05) is 19.3 Å². The van der Waals surface area contributed by atoms with Gasteiger partial charge in [-0.2, -0.15) is 4.37 Å². The van der Waals surface area contributed by atoms with E-state index in [-0.39, 0.29) is 6.03 Å². The van der Waals surface area contributed by atoms with E-state index in [0.29, 0.717) is 6.04 Å². The van der Waals surface area contributed by atoms with Gasteiger partial charge in [0.25, 0.3) is 0 Å². The first-order valence-corrected chi connectivity index (χ1v) is 6.10. The predicted molar refractivity (Wildman–Crippen MR) is 61.1 cm³/mol. The van der Waals surface area contributed by atoms with Crippen LogP contribution in [0.4, 0.5) is 9.80 Å². The Labute approximate surface area is 93.2 Å². The molecule has 0 atom stereocenters. The van der Waals surface area contributed by atoms with Crippen LogP contribution in [0, 0.1) is 0 Å². The van der Waals surface area contributed by atoms with Gasteiger partial charge in [-0.05, 0) is 30.4 Å². The number of nitrogens with zero attached hydrogens (tertiary/aromatic N) is 1. The standard InChI is InChI=1S/C10H15N3OS/c14-10(13-9-6-7-11-15-9)12-8-4-2-1-3-5-8/h6-8H,1-5H2,(H2,12,13,14). The van der Waals surface area contributed by atoms with Gasteiger partial charge >= 0.3 is 6.03 Å². The van der Waals surface area contributed by atoms with E-state index in [1.54, 1.807) is 12.3 Å². The van der Waals surface area contributed by atoms with E-state index in [2.05, 4.69) is 15.0 Å². The Bertz CT molecular complexity index is 306. The molecule has 0 spiro atoms.